The first-order valence-corrected chi connectivity index (χ1v) is 10.5. The zero-order chi connectivity index (χ0) is 18.5. The molecular formula is C16H16O7PS-3. The van der Waals surface area contributed by atoms with Crippen molar-refractivity contribution < 1.29 is 32.1 Å². The molecule has 2 aromatic rings. The lowest BCUT2D eigenvalue weighted by molar-refractivity contribution is -0.314. The van der Waals surface area contributed by atoms with Gasteiger partial charge in [0.2, 0.25) is 0 Å². The molecule has 0 unspecified atom stereocenters. The van der Waals surface area contributed by atoms with E-state index in [2.05, 4.69) is 0 Å². The fourth-order valence-electron chi connectivity index (χ4n) is 2.33. The molecule has 7 nitrogen and oxygen atoms in total. The summed E-state index contributed by atoms with van der Waals surface area (Å²) < 4.78 is 49.4. The van der Waals surface area contributed by atoms with Gasteiger partial charge in [-0.05, 0) is 49.1 Å². The quantitative estimate of drug-likeness (QED) is 0.500. The van der Waals surface area contributed by atoms with E-state index in [0.29, 0.717) is 17.9 Å². The van der Waals surface area contributed by atoms with Crippen LogP contribution in [0.15, 0.2) is 54.6 Å². The molecule has 2 rings (SSSR count). The third-order valence-electron chi connectivity index (χ3n) is 3.48. The Labute approximate surface area is 146 Å². The number of hydrogen-bond donors (Lipinski definition) is 0. The van der Waals surface area contributed by atoms with E-state index >= 15 is 0 Å². The van der Waals surface area contributed by atoms with Crippen LogP contribution >= 0.6 is 7.60 Å². The molecule has 25 heavy (non-hydrogen) atoms. The van der Waals surface area contributed by atoms with Crippen molar-refractivity contribution in [1.82, 2.24) is 0 Å². The minimum atomic E-state index is -5.50. The third kappa shape index (κ3) is 6.26. The third-order valence-corrected chi connectivity index (χ3v) is 6.89. The van der Waals surface area contributed by atoms with Gasteiger partial charge in [-0.2, -0.15) is 0 Å². The van der Waals surface area contributed by atoms with Crippen molar-refractivity contribution in [2.45, 2.75) is 24.3 Å². The first kappa shape index (κ1) is 19.6. The van der Waals surface area contributed by atoms with Crippen LogP contribution in [0.5, 0.6) is 11.5 Å². The molecule has 0 aromatic heterocycles. The van der Waals surface area contributed by atoms with E-state index in [1.165, 1.54) is 0 Å². The zero-order valence-electron chi connectivity index (χ0n) is 13.1. The molecule has 2 aromatic carbocycles. The Hall–Kier alpha value is -1.70. The Kier molecular flexibility index (Phi) is 6.37. The molecule has 0 radical (unpaired) electrons. The summed E-state index contributed by atoms with van der Waals surface area (Å²) in [6, 6.07) is 16.0. The number of hydrogen-bond acceptors (Lipinski definition) is 7. The highest BCUT2D eigenvalue weighted by Crippen LogP contribution is 2.38. The molecule has 0 fully saturated rings. The number of ether oxygens (including phenoxy) is 1. The van der Waals surface area contributed by atoms with Crippen LogP contribution in [0.2, 0.25) is 0 Å². The maximum absolute atomic E-state index is 11.0. The Bertz CT molecular complexity index is 846. The Morgan fingerprint density at radius 3 is 2.24 bits per heavy atom. The summed E-state index contributed by atoms with van der Waals surface area (Å²) in [4.78, 5) is 19.5. The van der Waals surface area contributed by atoms with Gasteiger partial charge in [0.1, 0.15) is 21.6 Å². The van der Waals surface area contributed by atoms with Gasteiger partial charge < -0.3 is 23.6 Å². The van der Waals surface area contributed by atoms with E-state index in [1.54, 1.807) is 36.4 Å². The number of rotatable bonds is 8. The predicted molar refractivity (Wildman–Crippen MR) is 87.0 cm³/mol. The molecule has 0 aliphatic rings. The second-order valence-corrected chi connectivity index (χ2v) is 9.05. The SMILES string of the molecule is O=P([O-])([O-])[C@@H](CCCc1cccc(Oc2ccccc2)c1)S(=O)(=O)[O-]. The summed E-state index contributed by atoms with van der Waals surface area (Å²) in [5, 5.41) is 0. The first-order chi connectivity index (χ1) is 11.7. The van der Waals surface area contributed by atoms with Gasteiger partial charge in [-0.3, -0.25) is 0 Å². The molecule has 136 valence electrons. The molecule has 0 saturated heterocycles. The molecule has 0 bridgehead atoms. The van der Waals surface area contributed by atoms with Crippen molar-refractivity contribution >= 4 is 17.7 Å². The van der Waals surface area contributed by atoms with E-state index < -0.39 is 29.1 Å². The van der Waals surface area contributed by atoms with Gasteiger partial charge in [0.15, 0.2) is 0 Å². The van der Waals surface area contributed by atoms with Crippen molar-refractivity contribution in [3.63, 3.8) is 0 Å². The van der Waals surface area contributed by atoms with Crippen molar-refractivity contribution in [2.24, 2.45) is 0 Å². The fraction of sp³-hybridized carbons (Fsp3) is 0.250. The topological polar surface area (TPSA) is 130 Å². The highest BCUT2D eigenvalue weighted by atomic mass is 32.2. The standard InChI is InChI=1S/C16H19O7PS/c17-24(18,19)16(25(20,21)22)11-5-7-13-6-4-10-15(12-13)23-14-8-2-1-3-9-14/h1-4,6,8-10,12,16H,5,7,11H2,(H2,17,18,19)(H,20,21,22)/p-3/t16-/m1/s1. The molecule has 0 aliphatic carbocycles. The normalized spacial score (nSPS) is 13.4. The van der Waals surface area contributed by atoms with Crippen LogP contribution in [-0.2, 0) is 21.1 Å². The molecule has 0 aliphatic heterocycles. The first-order valence-electron chi connectivity index (χ1n) is 7.44. The van der Waals surface area contributed by atoms with E-state index in [9.17, 15) is 27.3 Å². The summed E-state index contributed by atoms with van der Waals surface area (Å²) in [5.74, 6) is 1.21. The van der Waals surface area contributed by atoms with Crippen molar-refractivity contribution in [1.29, 1.82) is 0 Å². The molecule has 0 saturated carbocycles. The summed E-state index contributed by atoms with van der Waals surface area (Å²) in [6.45, 7) is 0. The van der Waals surface area contributed by atoms with Crippen LogP contribution in [0.3, 0.4) is 0 Å². The number of benzene rings is 2. The zero-order valence-corrected chi connectivity index (χ0v) is 14.8. The van der Waals surface area contributed by atoms with Gasteiger partial charge in [-0.1, -0.05) is 37.9 Å². The van der Waals surface area contributed by atoms with Gasteiger partial charge in [-0.25, -0.2) is 8.42 Å². The lowest BCUT2D eigenvalue weighted by atomic mass is 10.1. The monoisotopic (exact) mass is 383 g/mol. The molecule has 0 heterocycles. The van der Waals surface area contributed by atoms with Gasteiger partial charge in [0.05, 0.1) is 4.99 Å². The summed E-state index contributed by atoms with van der Waals surface area (Å²) in [5.41, 5.74) is 0.766. The lowest BCUT2D eigenvalue weighted by Gasteiger charge is -2.39. The number of para-hydroxylation sites is 1. The number of aryl methyl sites for hydroxylation is 1. The maximum Gasteiger partial charge on any atom is 0.127 e. The van der Waals surface area contributed by atoms with E-state index in [0.717, 1.165) is 5.56 Å². The van der Waals surface area contributed by atoms with Crippen LogP contribution in [0.25, 0.3) is 0 Å². The summed E-state index contributed by atoms with van der Waals surface area (Å²) in [6.07, 6.45) is -0.159. The minimum absolute atomic E-state index is 0.0649. The summed E-state index contributed by atoms with van der Waals surface area (Å²) >= 11 is 0. The van der Waals surface area contributed by atoms with Gasteiger partial charge in [0, 0.05) is 0 Å². The smallest absolute Gasteiger partial charge is 0.127 e. The second kappa shape index (κ2) is 8.12. The van der Waals surface area contributed by atoms with E-state index in [1.807, 2.05) is 18.2 Å². The van der Waals surface area contributed by atoms with Crippen LogP contribution < -0.4 is 14.5 Å². The Balaban J connectivity index is 1.99. The Morgan fingerprint density at radius 1 is 1.00 bits per heavy atom. The van der Waals surface area contributed by atoms with Crippen LogP contribution in [0.4, 0.5) is 0 Å². The summed E-state index contributed by atoms with van der Waals surface area (Å²) in [7, 11) is -10.7. The highest BCUT2D eigenvalue weighted by molar-refractivity contribution is 7.93. The average molecular weight is 383 g/mol. The van der Waals surface area contributed by atoms with Gasteiger partial charge in [0.25, 0.3) is 0 Å². The van der Waals surface area contributed by atoms with Crippen molar-refractivity contribution in [3.05, 3.63) is 60.2 Å². The van der Waals surface area contributed by atoms with Gasteiger partial charge in [-0.15, -0.1) is 0 Å². The van der Waals surface area contributed by atoms with Crippen LogP contribution in [0.1, 0.15) is 18.4 Å². The van der Waals surface area contributed by atoms with E-state index in [4.69, 9.17) is 4.74 Å². The largest absolute Gasteiger partial charge is 0.810 e. The highest BCUT2D eigenvalue weighted by Gasteiger charge is 2.19. The van der Waals surface area contributed by atoms with Crippen molar-refractivity contribution in [2.75, 3.05) is 0 Å². The van der Waals surface area contributed by atoms with Crippen LogP contribution in [-0.4, -0.2) is 18.0 Å². The van der Waals surface area contributed by atoms with Gasteiger partial charge >= 0.3 is 0 Å². The molecular weight excluding hydrogens is 367 g/mol. The molecule has 0 spiro atoms. The predicted octanol–water partition coefficient (Wildman–Crippen LogP) is 1.59. The van der Waals surface area contributed by atoms with Crippen LogP contribution in [0, 0.1) is 0 Å². The molecule has 1 atom stereocenters. The minimum Gasteiger partial charge on any atom is -0.810 e. The lowest BCUT2D eigenvalue weighted by Crippen LogP contribution is -2.32. The molecule has 9 heteroatoms. The second-order valence-electron chi connectivity index (χ2n) is 5.44. The molecule has 0 amide bonds. The van der Waals surface area contributed by atoms with E-state index in [-0.39, 0.29) is 6.42 Å². The average Bonchev–Trinajstić information content (AvgIpc) is 2.50. The maximum atomic E-state index is 11.0. The Morgan fingerprint density at radius 2 is 1.64 bits per heavy atom. The fourth-order valence-corrected chi connectivity index (χ4v) is 4.55. The molecule has 0 N–H and O–H groups in total. The van der Waals surface area contributed by atoms with Crippen molar-refractivity contribution in [3.8, 4) is 11.5 Å².